The Kier molecular flexibility index (Phi) is 4.23. The van der Waals surface area contributed by atoms with Gasteiger partial charge in [-0.25, -0.2) is 9.78 Å². The van der Waals surface area contributed by atoms with Crippen LogP contribution in [0.25, 0.3) is 16.5 Å². The lowest BCUT2D eigenvalue weighted by Gasteiger charge is -2.16. The van der Waals surface area contributed by atoms with Gasteiger partial charge in [-0.15, -0.1) is 0 Å². The SMILES string of the molecule is [B]c1cnc(SC(F)(F)C(=O)O)n1-c1ccc(C#N)c2ccccc12. The van der Waals surface area contributed by atoms with Gasteiger partial charge >= 0.3 is 11.2 Å². The molecule has 2 aromatic carbocycles. The van der Waals surface area contributed by atoms with E-state index >= 15 is 0 Å². The molecule has 5 nitrogen and oxygen atoms in total. The van der Waals surface area contributed by atoms with Crippen LogP contribution in [0.4, 0.5) is 8.78 Å². The van der Waals surface area contributed by atoms with E-state index < -0.39 is 11.2 Å². The summed E-state index contributed by atoms with van der Waals surface area (Å²) in [6, 6.07) is 12.1. The number of carboxylic acids is 1. The fourth-order valence-electron chi connectivity index (χ4n) is 2.40. The largest absolute Gasteiger partial charge is 0.476 e. The lowest BCUT2D eigenvalue weighted by atomic mass is 10.0. The second-order valence-corrected chi connectivity index (χ2v) is 6.10. The first-order chi connectivity index (χ1) is 11.8. The van der Waals surface area contributed by atoms with Crippen LogP contribution in [-0.4, -0.2) is 33.7 Å². The number of hydrogen-bond donors (Lipinski definition) is 1. The van der Waals surface area contributed by atoms with Gasteiger partial charge in [0, 0.05) is 17.0 Å². The maximum Gasteiger partial charge on any atom is 0.395 e. The fourth-order valence-corrected chi connectivity index (χ4v) is 3.11. The van der Waals surface area contributed by atoms with Crippen LogP contribution in [0.1, 0.15) is 5.56 Å². The Morgan fingerprint density at radius 1 is 1.28 bits per heavy atom. The van der Waals surface area contributed by atoms with Gasteiger partial charge in [-0.1, -0.05) is 24.3 Å². The van der Waals surface area contributed by atoms with Crippen molar-refractivity contribution in [1.29, 1.82) is 5.26 Å². The molecule has 0 fully saturated rings. The lowest BCUT2D eigenvalue weighted by Crippen LogP contribution is -2.25. The van der Waals surface area contributed by atoms with Gasteiger partial charge in [-0.3, -0.25) is 0 Å². The predicted octanol–water partition coefficient (Wildman–Crippen LogP) is 2.46. The number of nitrogens with zero attached hydrogens (tertiary/aromatic N) is 3. The van der Waals surface area contributed by atoms with Crippen LogP contribution in [0.15, 0.2) is 47.8 Å². The number of benzene rings is 2. The zero-order chi connectivity index (χ0) is 18.2. The number of aliphatic carboxylic acids is 1. The van der Waals surface area contributed by atoms with E-state index in [9.17, 15) is 18.8 Å². The summed E-state index contributed by atoms with van der Waals surface area (Å²) in [6.07, 6.45) is 1.17. The number of alkyl halides is 2. The van der Waals surface area contributed by atoms with Crippen molar-refractivity contribution in [3.63, 3.8) is 0 Å². The van der Waals surface area contributed by atoms with Crippen LogP contribution in [-0.2, 0) is 4.79 Å². The van der Waals surface area contributed by atoms with Gasteiger partial charge in [0.2, 0.25) is 0 Å². The number of thioether (sulfide) groups is 1. The molecule has 9 heteroatoms. The average Bonchev–Trinajstić information content (AvgIpc) is 2.93. The smallest absolute Gasteiger partial charge is 0.395 e. The van der Waals surface area contributed by atoms with E-state index in [2.05, 4.69) is 11.1 Å². The standard InChI is InChI=1S/C16H8BF2N3O2S/c17-13-8-21-15(25-16(18,19)14(23)24)22(13)12-6-5-9(7-20)10-3-1-2-4-11(10)12/h1-6,8H,(H,23,24). The minimum Gasteiger partial charge on any atom is -0.476 e. The Morgan fingerprint density at radius 2 is 1.96 bits per heavy atom. The number of halogens is 2. The van der Waals surface area contributed by atoms with E-state index in [1.165, 1.54) is 10.8 Å². The molecule has 1 heterocycles. The number of nitriles is 1. The second-order valence-electron chi connectivity index (χ2n) is 5.01. The minimum atomic E-state index is -4.06. The van der Waals surface area contributed by atoms with Gasteiger partial charge < -0.3 is 9.67 Å². The van der Waals surface area contributed by atoms with Crippen LogP contribution in [0.2, 0.25) is 0 Å². The van der Waals surface area contributed by atoms with Crippen LogP contribution < -0.4 is 5.59 Å². The molecule has 2 radical (unpaired) electrons. The number of carbonyl (C=O) groups is 1. The first-order valence-corrected chi connectivity index (χ1v) is 7.72. The number of imidazole rings is 1. The molecule has 3 aromatic rings. The van der Waals surface area contributed by atoms with Crippen LogP contribution in [0.5, 0.6) is 0 Å². The lowest BCUT2D eigenvalue weighted by molar-refractivity contribution is -0.152. The summed E-state index contributed by atoms with van der Waals surface area (Å²) in [7, 11) is 5.86. The third-order valence-electron chi connectivity index (χ3n) is 3.49. The molecule has 1 aromatic heterocycles. The second kappa shape index (κ2) is 6.22. The van der Waals surface area contributed by atoms with Crippen molar-refractivity contribution in [3.8, 4) is 11.8 Å². The first-order valence-electron chi connectivity index (χ1n) is 6.91. The summed E-state index contributed by atoms with van der Waals surface area (Å²) in [6.45, 7) is 0. The Bertz CT molecular complexity index is 1030. The Hall–Kier alpha value is -2.86. The van der Waals surface area contributed by atoms with Crippen molar-refractivity contribution >= 4 is 41.9 Å². The minimum absolute atomic E-state index is 0.0681. The summed E-state index contributed by atoms with van der Waals surface area (Å²) in [5, 5.41) is 14.8. The number of aromatic nitrogens is 2. The molecule has 0 amide bonds. The third kappa shape index (κ3) is 2.96. The summed E-state index contributed by atoms with van der Waals surface area (Å²) < 4.78 is 28.4. The highest BCUT2D eigenvalue weighted by Gasteiger charge is 2.42. The third-order valence-corrected chi connectivity index (χ3v) is 4.39. The number of hydrogen-bond acceptors (Lipinski definition) is 4. The predicted molar refractivity (Wildman–Crippen MR) is 89.6 cm³/mol. The number of rotatable bonds is 4. The molecule has 3 rings (SSSR count). The molecular formula is C16H8BF2N3O2S. The van der Waals surface area contributed by atoms with Crippen molar-refractivity contribution in [2.75, 3.05) is 0 Å². The van der Waals surface area contributed by atoms with Crippen LogP contribution in [0, 0.1) is 11.3 Å². The molecule has 0 unspecified atom stereocenters. The van der Waals surface area contributed by atoms with E-state index in [4.69, 9.17) is 13.0 Å². The molecule has 0 saturated carbocycles. The van der Waals surface area contributed by atoms with Gasteiger partial charge in [0.05, 0.1) is 17.3 Å². The summed E-state index contributed by atoms with van der Waals surface area (Å²) >= 11 is -0.211. The molecule has 0 saturated heterocycles. The molecule has 0 atom stereocenters. The van der Waals surface area contributed by atoms with Gasteiger partial charge in [0.15, 0.2) is 5.16 Å². The Balaban J connectivity index is 2.22. The number of carboxylic acid groups (broad SMARTS) is 1. The maximum atomic E-state index is 13.6. The highest BCUT2D eigenvalue weighted by atomic mass is 32.2. The van der Waals surface area contributed by atoms with Crippen molar-refractivity contribution in [3.05, 3.63) is 48.2 Å². The van der Waals surface area contributed by atoms with Crippen molar-refractivity contribution < 1.29 is 18.7 Å². The summed E-state index contributed by atoms with van der Waals surface area (Å²) in [5.74, 6) is -2.27. The molecule has 122 valence electrons. The zero-order valence-electron chi connectivity index (χ0n) is 12.5. The van der Waals surface area contributed by atoms with Gasteiger partial charge in [0.1, 0.15) is 7.85 Å². The van der Waals surface area contributed by atoms with E-state index in [-0.39, 0.29) is 22.5 Å². The first kappa shape index (κ1) is 17.0. The number of fused-ring (bicyclic) bond motifs is 1. The molecule has 0 aliphatic heterocycles. The van der Waals surface area contributed by atoms with E-state index in [0.717, 1.165) is 0 Å². The molecule has 0 aliphatic rings. The molecular weight excluding hydrogens is 347 g/mol. The van der Waals surface area contributed by atoms with Gasteiger partial charge in [0.25, 0.3) is 0 Å². The zero-order valence-corrected chi connectivity index (χ0v) is 13.3. The molecule has 1 N–H and O–H groups in total. The quantitative estimate of drug-likeness (QED) is 0.575. The van der Waals surface area contributed by atoms with Crippen LogP contribution >= 0.6 is 11.8 Å². The topological polar surface area (TPSA) is 78.9 Å². The highest BCUT2D eigenvalue weighted by Crippen LogP contribution is 2.36. The van der Waals surface area contributed by atoms with E-state index in [0.29, 0.717) is 22.0 Å². The van der Waals surface area contributed by atoms with E-state index in [1.807, 2.05) is 0 Å². The Labute approximate surface area is 146 Å². The van der Waals surface area contributed by atoms with Crippen molar-refractivity contribution in [1.82, 2.24) is 9.55 Å². The van der Waals surface area contributed by atoms with Gasteiger partial charge in [-0.05, 0) is 29.5 Å². The molecule has 0 aliphatic carbocycles. The monoisotopic (exact) mass is 355 g/mol. The fraction of sp³-hybridized carbons (Fsp3) is 0.0625. The van der Waals surface area contributed by atoms with Gasteiger partial charge in [-0.2, -0.15) is 14.0 Å². The molecule has 0 spiro atoms. The Morgan fingerprint density at radius 3 is 2.60 bits per heavy atom. The van der Waals surface area contributed by atoms with Crippen molar-refractivity contribution in [2.24, 2.45) is 0 Å². The summed E-state index contributed by atoms with van der Waals surface area (Å²) in [5.41, 5.74) is 0.912. The van der Waals surface area contributed by atoms with E-state index in [1.54, 1.807) is 36.4 Å². The maximum absolute atomic E-state index is 13.6. The highest BCUT2D eigenvalue weighted by molar-refractivity contribution is 8.00. The van der Waals surface area contributed by atoms with Crippen LogP contribution in [0.3, 0.4) is 0 Å². The average molecular weight is 355 g/mol. The normalized spacial score (nSPS) is 11.4. The summed E-state index contributed by atoms with van der Waals surface area (Å²) in [4.78, 5) is 14.5. The molecule has 25 heavy (non-hydrogen) atoms. The van der Waals surface area contributed by atoms with Crippen molar-refractivity contribution in [2.45, 2.75) is 10.4 Å². The molecule has 0 bridgehead atoms.